The van der Waals surface area contributed by atoms with Gasteiger partial charge in [-0.3, -0.25) is 10.1 Å². The Bertz CT molecular complexity index is 340. The maximum absolute atomic E-state index is 12.1. The maximum Gasteiger partial charge on any atom is 0.239 e. The molecule has 20 heavy (non-hydrogen) atoms. The summed E-state index contributed by atoms with van der Waals surface area (Å²) >= 11 is 0. The summed E-state index contributed by atoms with van der Waals surface area (Å²) < 4.78 is 5.58. The number of hydrogen-bond donors (Lipinski definition) is 2. The van der Waals surface area contributed by atoms with Crippen LogP contribution in [-0.4, -0.2) is 55.2 Å². The van der Waals surface area contributed by atoms with E-state index in [0.717, 1.165) is 19.4 Å². The Hall–Kier alpha value is -0.650. The van der Waals surface area contributed by atoms with Crippen molar-refractivity contribution < 1.29 is 9.53 Å². The molecule has 0 spiro atoms. The number of ether oxygens (including phenoxy) is 1. The molecule has 2 saturated carbocycles. The summed E-state index contributed by atoms with van der Waals surface area (Å²) in [6, 6.07) is 0.489. The van der Waals surface area contributed by atoms with E-state index < -0.39 is 5.54 Å². The van der Waals surface area contributed by atoms with Crippen molar-refractivity contribution in [3.8, 4) is 0 Å². The molecule has 1 amide bonds. The summed E-state index contributed by atoms with van der Waals surface area (Å²) in [4.78, 5) is 14.3. The second-order valence-corrected chi connectivity index (χ2v) is 6.69. The van der Waals surface area contributed by atoms with Gasteiger partial charge >= 0.3 is 0 Å². The Labute approximate surface area is 122 Å². The molecule has 2 aliphatic rings. The van der Waals surface area contributed by atoms with Crippen LogP contribution < -0.4 is 11.1 Å². The van der Waals surface area contributed by atoms with Crippen LogP contribution in [0.3, 0.4) is 0 Å². The van der Waals surface area contributed by atoms with Gasteiger partial charge in [-0.1, -0.05) is 0 Å². The lowest BCUT2D eigenvalue weighted by Crippen LogP contribution is -2.63. The topological polar surface area (TPSA) is 67.6 Å². The molecule has 1 unspecified atom stereocenters. The fraction of sp³-hybridized carbons (Fsp3) is 0.933. The molecule has 0 radical (unpaired) electrons. The highest BCUT2D eigenvalue weighted by molar-refractivity contribution is 5.86. The molecule has 0 saturated heterocycles. The van der Waals surface area contributed by atoms with Crippen molar-refractivity contribution in [3.63, 3.8) is 0 Å². The van der Waals surface area contributed by atoms with Crippen molar-refractivity contribution in [2.24, 2.45) is 11.7 Å². The summed E-state index contributed by atoms with van der Waals surface area (Å²) in [6.07, 6.45) is 4.80. The van der Waals surface area contributed by atoms with Crippen LogP contribution in [0.1, 0.15) is 39.5 Å². The van der Waals surface area contributed by atoms with Gasteiger partial charge in [0.1, 0.15) is 5.54 Å². The normalized spacial score (nSPS) is 22.2. The minimum Gasteiger partial charge on any atom is -0.377 e. The molecule has 116 valence electrons. The molecule has 2 rings (SSSR count). The molecule has 3 N–H and O–H groups in total. The molecule has 2 aliphatic carbocycles. The first-order valence-corrected chi connectivity index (χ1v) is 7.82. The van der Waals surface area contributed by atoms with Gasteiger partial charge in [-0.2, -0.15) is 0 Å². The fourth-order valence-corrected chi connectivity index (χ4v) is 2.76. The summed E-state index contributed by atoms with van der Waals surface area (Å²) in [5.74, 6) is 0.220. The largest absolute Gasteiger partial charge is 0.377 e. The van der Waals surface area contributed by atoms with Gasteiger partial charge in [0, 0.05) is 19.1 Å². The van der Waals surface area contributed by atoms with E-state index in [1.165, 1.54) is 12.8 Å². The Morgan fingerprint density at radius 3 is 2.50 bits per heavy atom. The number of nitrogens with zero attached hydrogens (tertiary/aromatic N) is 1. The van der Waals surface area contributed by atoms with E-state index in [0.29, 0.717) is 25.1 Å². The molecule has 0 aromatic rings. The van der Waals surface area contributed by atoms with Gasteiger partial charge in [-0.05, 0) is 52.5 Å². The van der Waals surface area contributed by atoms with Crippen LogP contribution in [0.5, 0.6) is 0 Å². The molecule has 0 aliphatic heterocycles. The van der Waals surface area contributed by atoms with Gasteiger partial charge in [0.15, 0.2) is 0 Å². The number of amides is 1. The average molecular weight is 283 g/mol. The molecular weight excluding hydrogens is 254 g/mol. The predicted octanol–water partition coefficient (Wildman–Crippen LogP) is 0.729. The SMILES string of the molecule is CC(C)OCCN(C)CC(NC1CC1)(C(N)=O)C1CC1. The third kappa shape index (κ3) is 4.17. The third-order valence-corrected chi connectivity index (χ3v) is 4.20. The number of likely N-dealkylation sites (N-methyl/N-ethyl adjacent to an activating group) is 1. The van der Waals surface area contributed by atoms with Crippen LogP contribution in [0, 0.1) is 5.92 Å². The van der Waals surface area contributed by atoms with Crippen LogP contribution in [0.25, 0.3) is 0 Å². The van der Waals surface area contributed by atoms with Gasteiger partial charge in [-0.25, -0.2) is 0 Å². The minimum absolute atomic E-state index is 0.191. The third-order valence-electron chi connectivity index (χ3n) is 4.20. The van der Waals surface area contributed by atoms with Crippen molar-refractivity contribution in [1.82, 2.24) is 10.2 Å². The van der Waals surface area contributed by atoms with Crippen LogP contribution >= 0.6 is 0 Å². The first-order valence-electron chi connectivity index (χ1n) is 7.82. The predicted molar refractivity (Wildman–Crippen MR) is 79.4 cm³/mol. The van der Waals surface area contributed by atoms with E-state index in [1.54, 1.807) is 0 Å². The molecule has 1 atom stereocenters. The van der Waals surface area contributed by atoms with E-state index >= 15 is 0 Å². The first kappa shape index (κ1) is 15.7. The van der Waals surface area contributed by atoms with Gasteiger partial charge in [0.2, 0.25) is 5.91 Å². The lowest BCUT2D eigenvalue weighted by molar-refractivity contribution is -0.126. The van der Waals surface area contributed by atoms with Crippen LogP contribution in [0.4, 0.5) is 0 Å². The smallest absolute Gasteiger partial charge is 0.239 e. The molecule has 0 aromatic carbocycles. The van der Waals surface area contributed by atoms with Gasteiger partial charge in [0.25, 0.3) is 0 Å². The Morgan fingerprint density at radius 2 is 2.05 bits per heavy atom. The number of nitrogens with two attached hydrogens (primary N) is 1. The molecule has 2 fully saturated rings. The molecule has 0 aromatic heterocycles. The highest BCUT2D eigenvalue weighted by Crippen LogP contribution is 2.41. The van der Waals surface area contributed by atoms with E-state index in [1.807, 2.05) is 20.9 Å². The summed E-state index contributed by atoms with van der Waals surface area (Å²) in [7, 11) is 2.04. The second kappa shape index (κ2) is 6.41. The van der Waals surface area contributed by atoms with Crippen molar-refractivity contribution in [2.75, 3.05) is 26.7 Å². The zero-order valence-electron chi connectivity index (χ0n) is 13.0. The number of carbonyl (C=O) groups is 1. The van der Waals surface area contributed by atoms with Crippen molar-refractivity contribution >= 4 is 5.91 Å². The van der Waals surface area contributed by atoms with Crippen molar-refractivity contribution in [1.29, 1.82) is 0 Å². The molecule has 5 nitrogen and oxygen atoms in total. The van der Waals surface area contributed by atoms with E-state index in [2.05, 4.69) is 10.2 Å². The quantitative estimate of drug-likeness (QED) is 0.620. The summed E-state index contributed by atoms with van der Waals surface area (Å²) in [6.45, 7) is 6.27. The molecular formula is C15H29N3O2. The lowest BCUT2D eigenvalue weighted by atomic mass is 9.91. The fourth-order valence-electron chi connectivity index (χ4n) is 2.76. The van der Waals surface area contributed by atoms with E-state index in [-0.39, 0.29) is 12.0 Å². The zero-order valence-corrected chi connectivity index (χ0v) is 13.0. The van der Waals surface area contributed by atoms with E-state index in [4.69, 9.17) is 10.5 Å². The van der Waals surface area contributed by atoms with Crippen LogP contribution in [-0.2, 0) is 9.53 Å². The highest BCUT2D eigenvalue weighted by Gasteiger charge is 2.52. The number of carbonyl (C=O) groups excluding carboxylic acids is 1. The molecule has 0 heterocycles. The first-order chi connectivity index (χ1) is 9.44. The average Bonchev–Trinajstić information content (AvgIpc) is 3.21. The minimum atomic E-state index is -0.534. The summed E-state index contributed by atoms with van der Waals surface area (Å²) in [5, 5.41) is 3.54. The van der Waals surface area contributed by atoms with Gasteiger partial charge in [0.05, 0.1) is 12.7 Å². The standard InChI is InChI=1S/C15H29N3O2/c1-11(2)20-9-8-18(3)10-15(14(16)19,12-4-5-12)17-13-6-7-13/h11-13,17H,4-10H2,1-3H3,(H2,16,19). The zero-order chi connectivity index (χ0) is 14.8. The van der Waals surface area contributed by atoms with Crippen molar-refractivity contribution in [2.45, 2.75) is 57.2 Å². The van der Waals surface area contributed by atoms with Crippen LogP contribution in [0.2, 0.25) is 0 Å². The number of primary amides is 1. The number of hydrogen-bond acceptors (Lipinski definition) is 4. The summed E-state index contributed by atoms with van der Waals surface area (Å²) in [5.41, 5.74) is 5.22. The molecule has 5 heteroatoms. The van der Waals surface area contributed by atoms with Crippen LogP contribution in [0.15, 0.2) is 0 Å². The van der Waals surface area contributed by atoms with Gasteiger partial charge in [-0.15, -0.1) is 0 Å². The Morgan fingerprint density at radius 1 is 1.40 bits per heavy atom. The Balaban J connectivity index is 1.90. The monoisotopic (exact) mass is 283 g/mol. The van der Waals surface area contributed by atoms with E-state index in [9.17, 15) is 4.79 Å². The highest BCUT2D eigenvalue weighted by atomic mass is 16.5. The second-order valence-electron chi connectivity index (χ2n) is 6.69. The maximum atomic E-state index is 12.1. The molecule has 0 bridgehead atoms. The number of rotatable bonds is 10. The number of nitrogens with one attached hydrogen (secondary N) is 1. The van der Waals surface area contributed by atoms with Crippen molar-refractivity contribution in [3.05, 3.63) is 0 Å². The van der Waals surface area contributed by atoms with Gasteiger partial charge < -0.3 is 15.4 Å². The lowest BCUT2D eigenvalue weighted by Gasteiger charge is -2.36. The Kier molecular flexibility index (Phi) is 5.04.